The number of esters is 1. The minimum atomic E-state index is -0.693. The highest BCUT2D eigenvalue weighted by Crippen LogP contribution is 2.35. The Labute approximate surface area is 246 Å². The summed E-state index contributed by atoms with van der Waals surface area (Å²) < 4.78 is 26.2. The molecular formula is C32H31N3O6S. The van der Waals surface area contributed by atoms with Crippen molar-refractivity contribution in [3.8, 4) is 22.9 Å². The molecule has 2 aromatic heterocycles. The van der Waals surface area contributed by atoms with E-state index in [9.17, 15) is 9.59 Å². The average molecular weight is 586 g/mol. The summed E-state index contributed by atoms with van der Waals surface area (Å²) in [7, 11) is 1.59. The number of thiazole rings is 1. The van der Waals surface area contributed by atoms with Crippen molar-refractivity contribution >= 4 is 23.4 Å². The van der Waals surface area contributed by atoms with E-state index >= 15 is 0 Å². The Morgan fingerprint density at radius 2 is 1.81 bits per heavy atom. The molecule has 2 aliphatic rings. The minimum absolute atomic E-state index is 0.211. The molecule has 0 spiro atoms. The molecule has 216 valence electrons. The SMILES string of the molecule is COc1ccc([C@@H]2C(C(=O)OC(C)C)=C(C)N=c3s/c(=C/c4cc(C)n(-c5ccc6c(c5)OCO6)c4C)c(=O)n32)cc1. The topological polar surface area (TPSA) is 93.3 Å². The fraction of sp³-hybridized carbons (Fsp3) is 0.281. The van der Waals surface area contributed by atoms with Gasteiger partial charge in [0.1, 0.15) is 5.75 Å². The summed E-state index contributed by atoms with van der Waals surface area (Å²) in [6, 6.07) is 14.6. The van der Waals surface area contributed by atoms with Gasteiger partial charge in [0.2, 0.25) is 6.79 Å². The van der Waals surface area contributed by atoms with E-state index in [1.807, 2.05) is 62.4 Å². The lowest BCUT2D eigenvalue weighted by Gasteiger charge is -2.25. The maximum Gasteiger partial charge on any atom is 0.338 e. The third-order valence-electron chi connectivity index (χ3n) is 7.39. The molecule has 1 atom stereocenters. The molecule has 9 nitrogen and oxygen atoms in total. The number of methoxy groups -OCH3 is 1. The lowest BCUT2D eigenvalue weighted by atomic mass is 9.96. The lowest BCUT2D eigenvalue weighted by molar-refractivity contribution is -0.143. The number of ether oxygens (including phenoxy) is 4. The van der Waals surface area contributed by atoms with Crippen LogP contribution < -0.4 is 29.1 Å². The smallest absolute Gasteiger partial charge is 0.338 e. The van der Waals surface area contributed by atoms with Gasteiger partial charge in [0.25, 0.3) is 5.56 Å². The van der Waals surface area contributed by atoms with Crippen molar-refractivity contribution in [2.45, 2.75) is 46.8 Å². The first kappa shape index (κ1) is 27.6. The van der Waals surface area contributed by atoms with E-state index in [1.54, 1.807) is 32.4 Å². The molecule has 10 heteroatoms. The molecule has 4 heterocycles. The molecule has 0 radical (unpaired) electrons. The van der Waals surface area contributed by atoms with Crippen molar-refractivity contribution < 1.29 is 23.7 Å². The van der Waals surface area contributed by atoms with Crippen molar-refractivity contribution in [1.29, 1.82) is 0 Å². The monoisotopic (exact) mass is 585 g/mol. The van der Waals surface area contributed by atoms with Gasteiger partial charge in [0, 0.05) is 23.1 Å². The Hall–Kier alpha value is -4.57. The van der Waals surface area contributed by atoms with Crippen LogP contribution in [0.15, 0.2) is 69.6 Å². The Kier molecular flexibility index (Phi) is 7.02. The third-order valence-corrected chi connectivity index (χ3v) is 8.37. The molecule has 0 amide bonds. The summed E-state index contributed by atoms with van der Waals surface area (Å²) in [6.45, 7) is 9.63. The highest BCUT2D eigenvalue weighted by molar-refractivity contribution is 7.07. The normalized spacial score (nSPS) is 16.1. The second kappa shape index (κ2) is 10.7. The van der Waals surface area contributed by atoms with E-state index in [0.717, 1.165) is 34.0 Å². The van der Waals surface area contributed by atoms with Crippen molar-refractivity contribution in [1.82, 2.24) is 9.13 Å². The highest BCUT2D eigenvalue weighted by atomic mass is 32.1. The van der Waals surface area contributed by atoms with Gasteiger partial charge in [-0.15, -0.1) is 0 Å². The van der Waals surface area contributed by atoms with Gasteiger partial charge in [0.05, 0.1) is 35.1 Å². The third kappa shape index (κ3) is 4.71. The molecule has 6 rings (SSSR count). The molecule has 0 unspecified atom stereocenters. The standard InChI is InChI=1S/C32H31N3O6S/c1-17(2)41-31(37)28-19(4)33-32-35(29(28)21-7-10-24(38-6)11-8-21)30(36)27(42-32)14-22-13-18(3)34(20(22)5)23-9-12-25-26(15-23)40-16-39-25/h7-15,17,29H,16H2,1-6H3/b27-14+/t29-/m1/s1. The Balaban J connectivity index is 1.48. The van der Waals surface area contributed by atoms with Gasteiger partial charge in [-0.3, -0.25) is 9.36 Å². The van der Waals surface area contributed by atoms with Crippen molar-refractivity contribution in [2.75, 3.05) is 13.9 Å². The van der Waals surface area contributed by atoms with Gasteiger partial charge < -0.3 is 23.5 Å². The van der Waals surface area contributed by atoms with Crippen molar-refractivity contribution in [3.63, 3.8) is 0 Å². The van der Waals surface area contributed by atoms with Gasteiger partial charge >= 0.3 is 5.97 Å². The van der Waals surface area contributed by atoms with Crippen LogP contribution in [0.2, 0.25) is 0 Å². The number of aryl methyl sites for hydroxylation is 1. The average Bonchev–Trinajstić information content (AvgIpc) is 3.62. The maximum absolute atomic E-state index is 14.1. The fourth-order valence-corrected chi connectivity index (χ4v) is 6.50. The first-order valence-electron chi connectivity index (χ1n) is 13.6. The van der Waals surface area contributed by atoms with Gasteiger partial charge in [-0.2, -0.15) is 0 Å². The van der Waals surface area contributed by atoms with E-state index in [0.29, 0.717) is 32.1 Å². The van der Waals surface area contributed by atoms with E-state index in [2.05, 4.69) is 10.6 Å². The molecule has 2 aliphatic heterocycles. The molecule has 4 aromatic rings. The van der Waals surface area contributed by atoms with Crippen LogP contribution in [0.1, 0.15) is 49.3 Å². The van der Waals surface area contributed by atoms with Crippen LogP contribution in [0.5, 0.6) is 17.2 Å². The number of allylic oxidation sites excluding steroid dienone is 1. The quantitative estimate of drug-likeness (QED) is 0.313. The number of nitrogens with zero attached hydrogens (tertiary/aromatic N) is 3. The number of benzene rings is 2. The number of carbonyl (C=O) groups is 1. The van der Waals surface area contributed by atoms with Crippen molar-refractivity contribution in [3.05, 3.63) is 102 Å². The largest absolute Gasteiger partial charge is 0.497 e. The van der Waals surface area contributed by atoms with Crippen LogP contribution in [-0.4, -0.2) is 35.1 Å². The zero-order valence-corrected chi connectivity index (χ0v) is 25.1. The second-order valence-electron chi connectivity index (χ2n) is 10.5. The van der Waals surface area contributed by atoms with E-state index in [-0.39, 0.29) is 18.5 Å². The maximum atomic E-state index is 14.1. The summed E-state index contributed by atoms with van der Waals surface area (Å²) >= 11 is 1.30. The van der Waals surface area contributed by atoms with Crippen LogP contribution in [0.3, 0.4) is 0 Å². The van der Waals surface area contributed by atoms with Crippen LogP contribution in [0.4, 0.5) is 0 Å². The fourth-order valence-electron chi connectivity index (χ4n) is 5.46. The zero-order valence-electron chi connectivity index (χ0n) is 24.3. The number of hydrogen-bond acceptors (Lipinski definition) is 8. The number of rotatable bonds is 6. The molecule has 2 aromatic carbocycles. The summed E-state index contributed by atoms with van der Waals surface area (Å²) in [5.74, 6) is 1.61. The molecule has 42 heavy (non-hydrogen) atoms. The number of fused-ring (bicyclic) bond motifs is 2. The highest BCUT2D eigenvalue weighted by Gasteiger charge is 2.34. The molecule has 0 N–H and O–H groups in total. The first-order chi connectivity index (χ1) is 20.2. The Morgan fingerprint density at radius 1 is 1.07 bits per heavy atom. The summed E-state index contributed by atoms with van der Waals surface area (Å²) in [4.78, 5) is 32.6. The van der Waals surface area contributed by atoms with Gasteiger partial charge in [0.15, 0.2) is 16.3 Å². The Bertz CT molecular complexity index is 1930. The van der Waals surface area contributed by atoms with Crippen LogP contribution in [-0.2, 0) is 9.53 Å². The van der Waals surface area contributed by atoms with Gasteiger partial charge in [-0.05, 0) is 82.2 Å². The molecule has 0 aliphatic carbocycles. The first-order valence-corrected chi connectivity index (χ1v) is 14.4. The van der Waals surface area contributed by atoms with E-state index < -0.39 is 12.0 Å². The molecule has 0 saturated carbocycles. The molecular weight excluding hydrogens is 554 g/mol. The zero-order chi connectivity index (χ0) is 29.7. The Morgan fingerprint density at radius 3 is 2.52 bits per heavy atom. The summed E-state index contributed by atoms with van der Waals surface area (Å²) in [5.41, 5.74) is 5.23. The predicted molar refractivity (Wildman–Crippen MR) is 159 cm³/mol. The predicted octanol–water partition coefficient (Wildman–Crippen LogP) is 4.33. The number of hydrogen-bond donors (Lipinski definition) is 0. The number of carbonyl (C=O) groups excluding carboxylic acids is 1. The lowest BCUT2D eigenvalue weighted by Crippen LogP contribution is -2.40. The van der Waals surface area contributed by atoms with Crippen molar-refractivity contribution in [2.24, 2.45) is 4.99 Å². The van der Waals surface area contributed by atoms with Crippen LogP contribution in [0.25, 0.3) is 11.8 Å². The summed E-state index contributed by atoms with van der Waals surface area (Å²) in [5, 5.41) is 0. The van der Waals surface area contributed by atoms with E-state index in [4.69, 9.17) is 23.9 Å². The molecule has 0 saturated heterocycles. The molecule has 0 fully saturated rings. The van der Waals surface area contributed by atoms with Gasteiger partial charge in [-0.1, -0.05) is 23.5 Å². The minimum Gasteiger partial charge on any atom is -0.497 e. The second-order valence-corrected chi connectivity index (χ2v) is 11.5. The molecule has 0 bridgehead atoms. The number of aromatic nitrogens is 2. The van der Waals surface area contributed by atoms with E-state index in [1.165, 1.54) is 11.3 Å². The summed E-state index contributed by atoms with van der Waals surface area (Å²) in [6.07, 6.45) is 1.57. The van der Waals surface area contributed by atoms with Gasteiger partial charge in [-0.25, -0.2) is 9.79 Å². The van der Waals surface area contributed by atoms with Crippen LogP contribution >= 0.6 is 11.3 Å². The van der Waals surface area contributed by atoms with Crippen LogP contribution in [0, 0.1) is 13.8 Å².